The first-order valence-electron chi connectivity index (χ1n) is 7.33. The maximum absolute atomic E-state index is 2.36. The summed E-state index contributed by atoms with van der Waals surface area (Å²) >= 11 is 0. The Morgan fingerprint density at radius 2 is 1.38 bits per heavy atom. The monoisotopic (exact) mass is 268 g/mol. The third kappa shape index (κ3) is 1.55. The summed E-state index contributed by atoms with van der Waals surface area (Å²) in [6.07, 6.45) is 2.29. The lowest BCUT2D eigenvalue weighted by atomic mass is 10.0. The van der Waals surface area contributed by atoms with Gasteiger partial charge >= 0.3 is 0 Å². The molecule has 0 amide bonds. The van der Waals surface area contributed by atoms with Crippen LogP contribution in [0.15, 0.2) is 72.9 Å². The molecule has 2 heterocycles. The van der Waals surface area contributed by atoms with Gasteiger partial charge in [-0.2, -0.15) is 4.57 Å². The number of rotatable bonds is 0. The highest BCUT2D eigenvalue weighted by Crippen LogP contribution is 2.30. The number of pyridine rings is 1. The summed E-state index contributed by atoms with van der Waals surface area (Å²) in [5, 5.41) is 5.24. The van der Waals surface area contributed by atoms with Crippen molar-refractivity contribution >= 4 is 21.5 Å². The molecule has 0 radical (unpaired) electrons. The predicted octanol–water partition coefficient (Wildman–Crippen LogP) is 4.31. The molecule has 1 heteroatoms. The standard InChI is InChI=1S/C20H14N/c1-2-6-15-10-18-13-21-12-16-7-3-4-8-19(16)20(21)11-17(18)9-14(15)5-1/h1-11,13H,12H2/q+1. The third-order valence-corrected chi connectivity index (χ3v) is 4.48. The van der Waals surface area contributed by atoms with Crippen molar-refractivity contribution < 1.29 is 4.57 Å². The van der Waals surface area contributed by atoms with Crippen LogP contribution in [0.25, 0.3) is 32.8 Å². The van der Waals surface area contributed by atoms with Crippen molar-refractivity contribution in [2.45, 2.75) is 6.54 Å². The van der Waals surface area contributed by atoms with Crippen LogP contribution in [-0.2, 0) is 6.54 Å². The second-order valence-electron chi connectivity index (χ2n) is 5.77. The Bertz CT molecular complexity index is 1010. The van der Waals surface area contributed by atoms with E-state index in [1.807, 2.05) is 0 Å². The highest BCUT2D eigenvalue weighted by Gasteiger charge is 2.25. The molecule has 1 aliphatic heterocycles. The summed E-state index contributed by atoms with van der Waals surface area (Å²) in [5.41, 5.74) is 4.11. The van der Waals surface area contributed by atoms with Gasteiger partial charge in [-0.3, -0.25) is 0 Å². The van der Waals surface area contributed by atoms with E-state index in [9.17, 15) is 0 Å². The molecule has 1 aliphatic rings. The zero-order chi connectivity index (χ0) is 13.8. The van der Waals surface area contributed by atoms with Crippen LogP contribution in [0.3, 0.4) is 0 Å². The molecular weight excluding hydrogens is 254 g/mol. The fourth-order valence-corrected chi connectivity index (χ4v) is 3.43. The highest BCUT2D eigenvalue weighted by molar-refractivity contribution is 5.98. The van der Waals surface area contributed by atoms with E-state index in [0.29, 0.717) is 0 Å². The quantitative estimate of drug-likeness (QED) is 0.291. The second-order valence-corrected chi connectivity index (χ2v) is 5.77. The number of benzene rings is 3. The van der Waals surface area contributed by atoms with Gasteiger partial charge in [0.15, 0.2) is 12.7 Å². The van der Waals surface area contributed by atoms with Crippen LogP contribution in [0.1, 0.15) is 5.56 Å². The SMILES string of the molecule is c1ccc2c(c1)C[n+]1cc3cc4ccccc4cc3cc1-2. The Hall–Kier alpha value is -2.67. The van der Waals surface area contributed by atoms with Crippen LogP contribution in [0.2, 0.25) is 0 Å². The number of nitrogens with zero attached hydrogens (tertiary/aromatic N) is 1. The molecule has 0 saturated heterocycles. The van der Waals surface area contributed by atoms with Crippen molar-refractivity contribution in [2.24, 2.45) is 0 Å². The number of hydrogen-bond donors (Lipinski definition) is 0. The molecule has 0 saturated carbocycles. The number of hydrogen-bond acceptors (Lipinski definition) is 0. The Balaban J connectivity index is 1.86. The van der Waals surface area contributed by atoms with Gasteiger partial charge in [-0.15, -0.1) is 0 Å². The Kier molecular flexibility index (Phi) is 2.06. The molecule has 0 fully saturated rings. The van der Waals surface area contributed by atoms with Crippen LogP contribution in [0.5, 0.6) is 0 Å². The first kappa shape index (κ1) is 11.0. The molecule has 98 valence electrons. The summed E-state index contributed by atoms with van der Waals surface area (Å²) in [7, 11) is 0. The van der Waals surface area contributed by atoms with Crippen molar-refractivity contribution in [2.75, 3.05) is 0 Å². The molecule has 0 atom stereocenters. The molecule has 1 aromatic heterocycles. The van der Waals surface area contributed by atoms with Crippen LogP contribution in [0, 0.1) is 0 Å². The third-order valence-electron chi connectivity index (χ3n) is 4.48. The summed E-state index contributed by atoms with van der Waals surface area (Å²) < 4.78 is 2.36. The van der Waals surface area contributed by atoms with Crippen molar-refractivity contribution in [3.05, 3.63) is 78.5 Å². The lowest BCUT2D eigenvalue weighted by Gasteiger charge is -2.02. The van der Waals surface area contributed by atoms with Gasteiger partial charge in [0.2, 0.25) is 5.69 Å². The fraction of sp³-hybridized carbons (Fsp3) is 0.0500. The molecule has 0 unspecified atom stereocenters. The Morgan fingerprint density at radius 3 is 2.24 bits per heavy atom. The zero-order valence-electron chi connectivity index (χ0n) is 11.6. The van der Waals surface area contributed by atoms with Crippen molar-refractivity contribution in [3.8, 4) is 11.3 Å². The van der Waals surface area contributed by atoms with Gasteiger partial charge in [0.05, 0.1) is 5.56 Å². The molecule has 0 N–H and O–H groups in total. The number of fused-ring (bicyclic) bond motifs is 5. The van der Waals surface area contributed by atoms with Crippen molar-refractivity contribution in [1.82, 2.24) is 0 Å². The van der Waals surface area contributed by atoms with Crippen LogP contribution in [-0.4, -0.2) is 0 Å². The van der Waals surface area contributed by atoms with Crippen molar-refractivity contribution in [1.29, 1.82) is 0 Å². The van der Waals surface area contributed by atoms with E-state index in [1.165, 1.54) is 38.4 Å². The summed E-state index contributed by atoms with van der Waals surface area (Å²) in [6.45, 7) is 0.980. The normalized spacial score (nSPS) is 12.6. The minimum absolute atomic E-state index is 0.980. The number of aromatic nitrogens is 1. The summed E-state index contributed by atoms with van der Waals surface area (Å²) in [5.74, 6) is 0. The molecule has 4 aromatic rings. The minimum Gasteiger partial charge on any atom is -0.193 e. The topological polar surface area (TPSA) is 3.88 Å². The van der Waals surface area contributed by atoms with E-state index >= 15 is 0 Å². The van der Waals surface area contributed by atoms with E-state index in [0.717, 1.165) is 6.54 Å². The van der Waals surface area contributed by atoms with E-state index < -0.39 is 0 Å². The average molecular weight is 268 g/mol. The maximum Gasteiger partial charge on any atom is 0.213 e. The van der Waals surface area contributed by atoms with Gasteiger partial charge in [0.1, 0.15) is 0 Å². The largest absolute Gasteiger partial charge is 0.213 e. The molecule has 0 aliphatic carbocycles. The van der Waals surface area contributed by atoms with Gasteiger partial charge < -0.3 is 0 Å². The van der Waals surface area contributed by atoms with Gasteiger partial charge in [0, 0.05) is 17.0 Å². The zero-order valence-corrected chi connectivity index (χ0v) is 11.6. The molecular formula is C20H14N+. The van der Waals surface area contributed by atoms with Gasteiger partial charge in [-0.25, -0.2) is 0 Å². The fourth-order valence-electron chi connectivity index (χ4n) is 3.43. The molecule has 1 nitrogen and oxygen atoms in total. The lowest BCUT2D eigenvalue weighted by Crippen LogP contribution is -2.31. The minimum atomic E-state index is 0.980. The van der Waals surface area contributed by atoms with Gasteiger partial charge in [0.25, 0.3) is 0 Å². The molecule has 21 heavy (non-hydrogen) atoms. The smallest absolute Gasteiger partial charge is 0.193 e. The maximum atomic E-state index is 2.36. The lowest BCUT2D eigenvalue weighted by molar-refractivity contribution is -0.670. The van der Waals surface area contributed by atoms with Crippen molar-refractivity contribution in [3.63, 3.8) is 0 Å². The summed E-state index contributed by atoms with van der Waals surface area (Å²) in [6, 6.07) is 24.2. The molecule has 0 spiro atoms. The van der Waals surface area contributed by atoms with Crippen LogP contribution >= 0.6 is 0 Å². The Labute approximate surface area is 123 Å². The van der Waals surface area contributed by atoms with Gasteiger partial charge in [-0.05, 0) is 34.4 Å². The van der Waals surface area contributed by atoms with E-state index in [-0.39, 0.29) is 0 Å². The molecule has 0 bridgehead atoms. The Morgan fingerprint density at radius 1 is 0.667 bits per heavy atom. The van der Waals surface area contributed by atoms with Crippen LogP contribution < -0.4 is 4.57 Å². The van der Waals surface area contributed by atoms with Gasteiger partial charge in [-0.1, -0.05) is 42.5 Å². The van der Waals surface area contributed by atoms with E-state index in [4.69, 9.17) is 0 Å². The molecule has 3 aromatic carbocycles. The predicted molar refractivity (Wildman–Crippen MR) is 86.2 cm³/mol. The molecule has 5 rings (SSSR count). The first-order chi connectivity index (χ1) is 10.4. The van der Waals surface area contributed by atoms with E-state index in [2.05, 4.69) is 77.5 Å². The average Bonchev–Trinajstić information content (AvgIpc) is 2.88. The second kappa shape index (κ2) is 3.92. The highest BCUT2D eigenvalue weighted by atomic mass is 15.0. The van der Waals surface area contributed by atoms with E-state index in [1.54, 1.807) is 0 Å². The summed E-state index contributed by atoms with van der Waals surface area (Å²) in [4.78, 5) is 0. The van der Waals surface area contributed by atoms with Crippen LogP contribution in [0.4, 0.5) is 0 Å². The first-order valence-corrected chi connectivity index (χ1v) is 7.33.